The molecular weight excluding hydrogens is 208 g/mol. The number of carbonyl (C=O) groups is 1. The van der Waals surface area contributed by atoms with Gasteiger partial charge in [0.2, 0.25) is 5.76 Å². The van der Waals surface area contributed by atoms with Crippen molar-refractivity contribution in [2.24, 2.45) is 5.92 Å². The third-order valence-electron chi connectivity index (χ3n) is 2.91. The summed E-state index contributed by atoms with van der Waals surface area (Å²) < 4.78 is 9.85. The maximum Gasteiger partial charge on any atom is 0.373 e. The van der Waals surface area contributed by atoms with Crippen molar-refractivity contribution in [2.45, 2.75) is 31.8 Å². The van der Waals surface area contributed by atoms with Gasteiger partial charge in [0.1, 0.15) is 11.4 Å². The summed E-state index contributed by atoms with van der Waals surface area (Å²) in [5.41, 5.74) is -0.993. The van der Waals surface area contributed by atoms with Gasteiger partial charge in [-0.2, -0.15) is 0 Å². The molecule has 1 aliphatic rings. The second-order valence-corrected chi connectivity index (χ2v) is 4.58. The second-order valence-electron chi connectivity index (χ2n) is 4.58. The van der Waals surface area contributed by atoms with Gasteiger partial charge in [-0.3, -0.25) is 0 Å². The number of methoxy groups -OCH3 is 1. The van der Waals surface area contributed by atoms with Crippen molar-refractivity contribution < 1.29 is 19.1 Å². The van der Waals surface area contributed by atoms with E-state index in [-0.39, 0.29) is 5.76 Å². The van der Waals surface area contributed by atoms with Gasteiger partial charge in [0.15, 0.2) is 0 Å². The van der Waals surface area contributed by atoms with Crippen molar-refractivity contribution in [3.05, 3.63) is 23.7 Å². The highest BCUT2D eigenvalue weighted by atomic mass is 16.5. The van der Waals surface area contributed by atoms with E-state index >= 15 is 0 Å². The maximum atomic E-state index is 11.2. The Morgan fingerprint density at radius 2 is 2.31 bits per heavy atom. The lowest BCUT2D eigenvalue weighted by molar-refractivity contribution is 0.0174. The molecule has 16 heavy (non-hydrogen) atoms. The number of ether oxygens (including phenoxy) is 1. The number of rotatable bonds is 4. The largest absolute Gasteiger partial charge is 0.463 e. The fourth-order valence-corrected chi connectivity index (χ4v) is 1.82. The highest BCUT2D eigenvalue weighted by Gasteiger charge is 2.35. The van der Waals surface area contributed by atoms with Gasteiger partial charge in [-0.25, -0.2) is 4.79 Å². The Hall–Kier alpha value is -1.29. The van der Waals surface area contributed by atoms with Crippen LogP contribution in [0.25, 0.3) is 0 Å². The summed E-state index contributed by atoms with van der Waals surface area (Å²) in [5.74, 6) is 0.628. The van der Waals surface area contributed by atoms with Gasteiger partial charge in [0.25, 0.3) is 0 Å². The molecule has 1 atom stereocenters. The predicted octanol–water partition coefficient (Wildman–Crippen LogP) is 2.07. The third-order valence-corrected chi connectivity index (χ3v) is 2.91. The summed E-state index contributed by atoms with van der Waals surface area (Å²) in [6.45, 7) is 1.71. The summed E-state index contributed by atoms with van der Waals surface area (Å²) in [5, 5.41) is 10.2. The molecule has 1 unspecified atom stereocenters. The van der Waals surface area contributed by atoms with Crippen molar-refractivity contribution in [2.75, 3.05) is 7.11 Å². The molecule has 1 aromatic heterocycles. The summed E-state index contributed by atoms with van der Waals surface area (Å²) in [6.07, 6.45) is 3.02. The molecule has 4 nitrogen and oxygen atoms in total. The minimum atomic E-state index is -0.993. The van der Waals surface area contributed by atoms with Crippen LogP contribution in [0.5, 0.6) is 0 Å². The second kappa shape index (κ2) is 3.94. The SMILES string of the molecule is COC(=O)c1ccc(C(C)(O)CC2CC2)o1. The first-order valence-corrected chi connectivity index (χ1v) is 5.44. The van der Waals surface area contributed by atoms with Crippen molar-refractivity contribution in [1.29, 1.82) is 0 Å². The van der Waals surface area contributed by atoms with Crippen LogP contribution in [0.1, 0.15) is 42.5 Å². The summed E-state index contributed by atoms with van der Waals surface area (Å²) in [6, 6.07) is 3.16. The van der Waals surface area contributed by atoms with Gasteiger partial charge in [-0.15, -0.1) is 0 Å². The molecule has 1 N–H and O–H groups in total. The van der Waals surface area contributed by atoms with E-state index in [0.29, 0.717) is 18.1 Å². The van der Waals surface area contributed by atoms with E-state index in [2.05, 4.69) is 4.74 Å². The zero-order valence-corrected chi connectivity index (χ0v) is 9.53. The molecule has 1 heterocycles. The highest BCUT2D eigenvalue weighted by molar-refractivity contribution is 5.86. The standard InChI is InChI=1S/C12H16O4/c1-12(14,7-8-3-4-8)10-6-5-9(16-10)11(13)15-2/h5-6,8,14H,3-4,7H2,1-2H3. The van der Waals surface area contributed by atoms with Gasteiger partial charge in [0, 0.05) is 0 Å². The topological polar surface area (TPSA) is 59.7 Å². The molecule has 1 fully saturated rings. The first-order valence-electron chi connectivity index (χ1n) is 5.44. The zero-order chi connectivity index (χ0) is 11.8. The van der Waals surface area contributed by atoms with Crippen LogP contribution in [0.3, 0.4) is 0 Å². The normalized spacial score (nSPS) is 19.2. The Balaban J connectivity index is 2.13. The number of carbonyl (C=O) groups excluding carboxylic acids is 1. The van der Waals surface area contributed by atoms with Crippen LogP contribution in [0.2, 0.25) is 0 Å². The molecule has 0 spiro atoms. The molecule has 0 amide bonds. The minimum absolute atomic E-state index is 0.133. The summed E-state index contributed by atoms with van der Waals surface area (Å²) in [7, 11) is 1.30. The molecule has 0 saturated heterocycles. The van der Waals surface area contributed by atoms with E-state index in [1.807, 2.05) is 0 Å². The fourth-order valence-electron chi connectivity index (χ4n) is 1.82. The fraction of sp³-hybridized carbons (Fsp3) is 0.583. The van der Waals surface area contributed by atoms with Crippen molar-refractivity contribution in [1.82, 2.24) is 0 Å². The van der Waals surface area contributed by atoms with Crippen LogP contribution in [0, 0.1) is 5.92 Å². The van der Waals surface area contributed by atoms with E-state index in [0.717, 1.165) is 0 Å². The molecule has 1 aliphatic carbocycles. The summed E-state index contributed by atoms with van der Waals surface area (Å²) in [4.78, 5) is 11.2. The van der Waals surface area contributed by atoms with Crippen LogP contribution < -0.4 is 0 Å². The van der Waals surface area contributed by atoms with E-state index in [1.165, 1.54) is 26.0 Å². The van der Waals surface area contributed by atoms with Crippen LogP contribution in [-0.4, -0.2) is 18.2 Å². The third kappa shape index (κ3) is 2.27. The first-order chi connectivity index (χ1) is 7.53. The monoisotopic (exact) mass is 224 g/mol. The molecule has 2 rings (SSSR count). The molecule has 0 aromatic carbocycles. The lowest BCUT2D eigenvalue weighted by Crippen LogP contribution is -2.21. The summed E-state index contributed by atoms with van der Waals surface area (Å²) >= 11 is 0. The lowest BCUT2D eigenvalue weighted by atomic mass is 9.96. The lowest BCUT2D eigenvalue weighted by Gasteiger charge is -2.20. The van der Waals surface area contributed by atoms with Crippen LogP contribution >= 0.6 is 0 Å². The minimum Gasteiger partial charge on any atom is -0.463 e. The number of hydrogen-bond acceptors (Lipinski definition) is 4. The van der Waals surface area contributed by atoms with E-state index in [1.54, 1.807) is 13.0 Å². The van der Waals surface area contributed by atoms with E-state index in [4.69, 9.17) is 4.42 Å². The first kappa shape index (κ1) is 11.2. The average molecular weight is 224 g/mol. The zero-order valence-electron chi connectivity index (χ0n) is 9.53. The smallest absolute Gasteiger partial charge is 0.373 e. The molecule has 4 heteroatoms. The molecule has 88 valence electrons. The van der Waals surface area contributed by atoms with Crippen LogP contribution in [-0.2, 0) is 10.3 Å². The Morgan fingerprint density at radius 1 is 1.62 bits per heavy atom. The molecule has 0 aliphatic heterocycles. The van der Waals surface area contributed by atoms with Crippen molar-refractivity contribution in [3.8, 4) is 0 Å². The number of furan rings is 1. The number of esters is 1. The van der Waals surface area contributed by atoms with Crippen molar-refractivity contribution >= 4 is 5.97 Å². The van der Waals surface area contributed by atoms with Gasteiger partial charge >= 0.3 is 5.97 Å². The highest BCUT2D eigenvalue weighted by Crippen LogP contribution is 2.40. The number of hydrogen-bond donors (Lipinski definition) is 1. The Kier molecular flexibility index (Phi) is 2.76. The molecule has 0 radical (unpaired) electrons. The Bertz CT molecular complexity index is 387. The van der Waals surface area contributed by atoms with Gasteiger partial charge in [-0.1, -0.05) is 12.8 Å². The quantitative estimate of drug-likeness (QED) is 0.795. The Labute approximate surface area is 94.2 Å². The van der Waals surface area contributed by atoms with E-state index in [9.17, 15) is 9.90 Å². The maximum absolute atomic E-state index is 11.2. The number of aliphatic hydroxyl groups is 1. The Morgan fingerprint density at radius 3 is 2.88 bits per heavy atom. The molecular formula is C12H16O4. The van der Waals surface area contributed by atoms with Gasteiger partial charge < -0.3 is 14.3 Å². The molecule has 0 bridgehead atoms. The van der Waals surface area contributed by atoms with Crippen LogP contribution in [0.4, 0.5) is 0 Å². The van der Waals surface area contributed by atoms with Gasteiger partial charge in [-0.05, 0) is 31.4 Å². The van der Waals surface area contributed by atoms with Crippen LogP contribution in [0.15, 0.2) is 16.5 Å². The predicted molar refractivity (Wildman–Crippen MR) is 57.0 cm³/mol. The molecule has 1 aromatic rings. The van der Waals surface area contributed by atoms with Crippen molar-refractivity contribution in [3.63, 3.8) is 0 Å². The molecule has 1 saturated carbocycles. The van der Waals surface area contributed by atoms with Gasteiger partial charge in [0.05, 0.1) is 7.11 Å². The average Bonchev–Trinajstić information content (AvgIpc) is 2.88. The van der Waals surface area contributed by atoms with E-state index < -0.39 is 11.6 Å².